The van der Waals surface area contributed by atoms with Crippen LogP contribution in [-0.2, 0) is 21.6 Å². The number of carbonyl (C=O) groups excluding carboxylic acids is 1. The number of hydrogen-bond donors (Lipinski definition) is 1. The van der Waals surface area contributed by atoms with Gasteiger partial charge in [0.05, 0.1) is 6.61 Å². The number of benzene rings is 1. The maximum Gasteiger partial charge on any atom is 0.350 e. The number of rotatable bonds is 2. The molecule has 0 aromatic heterocycles. The summed E-state index contributed by atoms with van der Waals surface area (Å²) in [6.45, 7) is 2.04. The minimum atomic E-state index is -1.21. The molecule has 1 aliphatic carbocycles. The second kappa shape index (κ2) is 3.99. The van der Waals surface area contributed by atoms with Gasteiger partial charge in [-0.25, -0.2) is 4.79 Å². The molecule has 0 saturated heterocycles. The Hall–Kier alpha value is -1.55. The SMILES string of the molecule is CCOC(=O)[C@@H]1Oc2cccc3c2[C@]1(O)CCC3. The highest BCUT2D eigenvalue weighted by Crippen LogP contribution is 2.49. The molecule has 2 atom stereocenters. The Kier molecular flexibility index (Phi) is 2.55. The predicted octanol–water partition coefficient (Wildman–Crippen LogP) is 1.53. The molecule has 0 saturated carbocycles. The zero-order chi connectivity index (χ0) is 12.8. The van der Waals surface area contributed by atoms with Gasteiger partial charge in [-0.05, 0) is 37.8 Å². The second-order valence-corrected chi connectivity index (χ2v) is 4.82. The second-order valence-electron chi connectivity index (χ2n) is 4.82. The number of carbonyl (C=O) groups is 1. The summed E-state index contributed by atoms with van der Waals surface area (Å²) in [4.78, 5) is 11.9. The van der Waals surface area contributed by atoms with Crippen molar-refractivity contribution < 1.29 is 19.4 Å². The summed E-state index contributed by atoms with van der Waals surface area (Å²) in [6, 6.07) is 5.68. The summed E-state index contributed by atoms with van der Waals surface area (Å²) in [5.74, 6) is 0.136. The molecule has 1 heterocycles. The maximum absolute atomic E-state index is 11.9. The number of aliphatic hydroxyl groups is 1. The molecule has 1 aromatic rings. The number of ether oxygens (including phenoxy) is 2. The molecule has 2 aliphatic rings. The first-order valence-electron chi connectivity index (χ1n) is 6.35. The lowest BCUT2D eigenvalue weighted by atomic mass is 9.77. The summed E-state index contributed by atoms with van der Waals surface area (Å²) in [6.07, 6.45) is 1.39. The normalized spacial score (nSPS) is 28.4. The first-order chi connectivity index (χ1) is 8.66. The van der Waals surface area contributed by atoms with Crippen molar-refractivity contribution in [2.75, 3.05) is 6.61 Å². The van der Waals surface area contributed by atoms with E-state index in [1.165, 1.54) is 0 Å². The zero-order valence-corrected chi connectivity index (χ0v) is 10.3. The molecule has 0 amide bonds. The Labute approximate surface area is 106 Å². The van der Waals surface area contributed by atoms with E-state index in [2.05, 4.69) is 0 Å². The first-order valence-corrected chi connectivity index (χ1v) is 6.35. The summed E-state index contributed by atoms with van der Waals surface area (Å²) in [5.41, 5.74) is 0.651. The van der Waals surface area contributed by atoms with E-state index in [4.69, 9.17) is 9.47 Å². The van der Waals surface area contributed by atoms with Gasteiger partial charge in [0.2, 0.25) is 6.10 Å². The number of aryl methyl sites for hydroxylation is 1. The highest BCUT2D eigenvalue weighted by Gasteiger charge is 2.54. The molecule has 1 N–H and O–H groups in total. The van der Waals surface area contributed by atoms with Crippen LogP contribution in [0.15, 0.2) is 18.2 Å². The van der Waals surface area contributed by atoms with E-state index in [-0.39, 0.29) is 6.61 Å². The van der Waals surface area contributed by atoms with Crippen LogP contribution >= 0.6 is 0 Å². The Balaban J connectivity index is 2.05. The van der Waals surface area contributed by atoms with Crippen LogP contribution in [0.1, 0.15) is 30.9 Å². The van der Waals surface area contributed by atoms with E-state index < -0.39 is 17.7 Å². The Bertz CT molecular complexity index is 497. The van der Waals surface area contributed by atoms with Crippen LogP contribution in [-0.4, -0.2) is 23.8 Å². The standard InChI is InChI=1S/C14H16O4/c1-2-17-13(15)12-14(16)8-4-6-9-5-3-7-10(18-12)11(9)14/h3,5,7,12,16H,2,4,6,8H2,1H3/t12-,14+/m0/s1. The molecule has 3 rings (SSSR count). The maximum atomic E-state index is 11.9. The molecule has 0 radical (unpaired) electrons. The smallest absolute Gasteiger partial charge is 0.350 e. The third-order valence-electron chi connectivity index (χ3n) is 3.73. The fourth-order valence-corrected chi connectivity index (χ4v) is 3.00. The molecule has 4 nitrogen and oxygen atoms in total. The van der Waals surface area contributed by atoms with E-state index >= 15 is 0 Å². The van der Waals surface area contributed by atoms with Gasteiger partial charge < -0.3 is 14.6 Å². The highest BCUT2D eigenvalue weighted by atomic mass is 16.6. The molecule has 0 unspecified atom stereocenters. The van der Waals surface area contributed by atoms with Crippen molar-refractivity contribution in [3.63, 3.8) is 0 Å². The molecule has 18 heavy (non-hydrogen) atoms. The summed E-state index contributed by atoms with van der Waals surface area (Å²) >= 11 is 0. The molecule has 0 fully saturated rings. The highest BCUT2D eigenvalue weighted by molar-refractivity contribution is 5.79. The number of hydrogen-bond acceptors (Lipinski definition) is 4. The summed E-state index contributed by atoms with van der Waals surface area (Å²) in [5, 5.41) is 10.8. The van der Waals surface area contributed by atoms with Crippen molar-refractivity contribution in [3.05, 3.63) is 29.3 Å². The van der Waals surface area contributed by atoms with Gasteiger partial charge in [0.1, 0.15) is 11.4 Å². The van der Waals surface area contributed by atoms with Gasteiger partial charge in [-0.1, -0.05) is 12.1 Å². The third-order valence-corrected chi connectivity index (χ3v) is 3.73. The molecule has 1 aromatic carbocycles. The lowest BCUT2D eigenvalue weighted by Crippen LogP contribution is -2.46. The van der Waals surface area contributed by atoms with Gasteiger partial charge in [0, 0.05) is 5.56 Å². The van der Waals surface area contributed by atoms with E-state index in [1.807, 2.05) is 12.1 Å². The van der Waals surface area contributed by atoms with E-state index in [0.29, 0.717) is 12.2 Å². The minimum absolute atomic E-state index is 0.290. The summed E-state index contributed by atoms with van der Waals surface area (Å²) in [7, 11) is 0. The van der Waals surface area contributed by atoms with Gasteiger partial charge in [0.25, 0.3) is 0 Å². The van der Waals surface area contributed by atoms with Crippen molar-refractivity contribution in [3.8, 4) is 5.75 Å². The van der Waals surface area contributed by atoms with Crippen LogP contribution in [0.25, 0.3) is 0 Å². The summed E-state index contributed by atoms with van der Waals surface area (Å²) < 4.78 is 10.6. The fourth-order valence-electron chi connectivity index (χ4n) is 3.00. The molecule has 0 bridgehead atoms. The van der Waals surface area contributed by atoms with Crippen LogP contribution in [0.2, 0.25) is 0 Å². The van der Waals surface area contributed by atoms with Crippen molar-refractivity contribution in [1.29, 1.82) is 0 Å². The first kappa shape index (κ1) is 11.5. The topological polar surface area (TPSA) is 55.8 Å². The Morgan fingerprint density at radius 1 is 1.61 bits per heavy atom. The van der Waals surface area contributed by atoms with Crippen molar-refractivity contribution in [2.24, 2.45) is 0 Å². The lowest BCUT2D eigenvalue weighted by molar-refractivity contribution is -0.163. The largest absolute Gasteiger partial charge is 0.475 e. The zero-order valence-electron chi connectivity index (χ0n) is 10.3. The van der Waals surface area contributed by atoms with E-state index in [1.54, 1.807) is 13.0 Å². The van der Waals surface area contributed by atoms with Crippen LogP contribution in [0.5, 0.6) is 5.75 Å². The molecule has 0 spiro atoms. The number of esters is 1. The van der Waals surface area contributed by atoms with Gasteiger partial charge >= 0.3 is 5.97 Å². The van der Waals surface area contributed by atoms with E-state index in [9.17, 15) is 9.90 Å². The van der Waals surface area contributed by atoms with Gasteiger partial charge in [-0.15, -0.1) is 0 Å². The molecular weight excluding hydrogens is 232 g/mol. The minimum Gasteiger partial charge on any atom is -0.475 e. The predicted molar refractivity (Wildman–Crippen MR) is 64.3 cm³/mol. The Morgan fingerprint density at radius 2 is 2.44 bits per heavy atom. The van der Waals surface area contributed by atoms with Crippen LogP contribution in [0, 0.1) is 0 Å². The van der Waals surface area contributed by atoms with Crippen LogP contribution in [0.4, 0.5) is 0 Å². The fraction of sp³-hybridized carbons (Fsp3) is 0.500. The third kappa shape index (κ3) is 1.45. The van der Waals surface area contributed by atoms with Gasteiger partial charge in [-0.3, -0.25) is 0 Å². The van der Waals surface area contributed by atoms with E-state index in [0.717, 1.165) is 24.0 Å². The lowest BCUT2D eigenvalue weighted by Gasteiger charge is -2.31. The van der Waals surface area contributed by atoms with Crippen LogP contribution < -0.4 is 4.74 Å². The monoisotopic (exact) mass is 248 g/mol. The molecule has 96 valence electrons. The molecule has 4 heteroatoms. The van der Waals surface area contributed by atoms with Gasteiger partial charge in [-0.2, -0.15) is 0 Å². The van der Waals surface area contributed by atoms with Crippen molar-refractivity contribution in [2.45, 2.75) is 37.9 Å². The molecular formula is C14H16O4. The Morgan fingerprint density at radius 3 is 3.22 bits per heavy atom. The van der Waals surface area contributed by atoms with Crippen LogP contribution in [0.3, 0.4) is 0 Å². The van der Waals surface area contributed by atoms with Crippen molar-refractivity contribution >= 4 is 5.97 Å². The quantitative estimate of drug-likeness (QED) is 0.806. The van der Waals surface area contributed by atoms with Gasteiger partial charge in [0.15, 0.2) is 0 Å². The average Bonchev–Trinajstić information content (AvgIpc) is 2.66. The molecule has 1 aliphatic heterocycles. The van der Waals surface area contributed by atoms with Crippen molar-refractivity contribution in [1.82, 2.24) is 0 Å². The average molecular weight is 248 g/mol.